The molecule has 0 spiro atoms. The number of anilines is 1. The van der Waals surface area contributed by atoms with Gasteiger partial charge in [0.05, 0.1) is 36.3 Å². The predicted octanol–water partition coefficient (Wildman–Crippen LogP) is 2.72. The Kier molecular flexibility index (Phi) is 7.09. The van der Waals surface area contributed by atoms with Crippen LogP contribution in [0.2, 0.25) is 0 Å². The quantitative estimate of drug-likeness (QED) is 0.411. The monoisotopic (exact) mass is 527 g/mol. The second-order valence-corrected chi connectivity index (χ2v) is 10.7. The van der Waals surface area contributed by atoms with Gasteiger partial charge >= 0.3 is 0 Å². The van der Waals surface area contributed by atoms with Crippen LogP contribution in [0.25, 0.3) is 0 Å². The van der Waals surface area contributed by atoms with Crippen molar-refractivity contribution in [1.29, 1.82) is 0 Å². The number of ether oxygens (including phenoxy) is 2. The van der Waals surface area contributed by atoms with E-state index in [1.54, 1.807) is 30.5 Å². The number of fused-ring (bicyclic) bond motifs is 3. The summed E-state index contributed by atoms with van der Waals surface area (Å²) in [5.74, 6) is -0.366. The predicted molar refractivity (Wildman–Crippen MR) is 132 cm³/mol. The summed E-state index contributed by atoms with van der Waals surface area (Å²) in [6.45, 7) is 0.0106. The largest absolute Gasteiger partial charge is 0.487 e. The van der Waals surface area contributed by atoms with Crippen molar-refractivity contribution in [3.8, 4) is 5.75 Å². The summed E-state index contributed by atoms with van der Waals surface area (Å²) >= 11 is 0. The fraction of sp³-hybridized carbons (Fsp3) is 0.308. The van der Waals surface area contributed by atoms with Crippen molar-refractivity contribution in [2.75, 3.05) is 11.3 Å². The summed E-state index contributed by atoms with van der Waals surface area (Å²) in [4.78, 5) is 16.7. The van der Waals surface area contributed by atoms with E-state index in [4.69, 9.17) is 9.47 Å². The molecule has 2 aliphatic heterocycles. The maximum Gasteiger partial charge on any atom is 0.261 e. The van der Waals surface area contributed by atoms with Gasteiger partial charge in [-0.1, -0.05) is 6.07 Å². The number of halogens is 1. The van der Waals surface area contributed by atoms with Crippen LogP contribution in [-0.2, 0) is 26.1 Å². The van der Waals surface area contributed by atoms with Crippen molar-refractivity contribution in [3.05, 3.63) is 83.9 Å². The number of nitrogens with one attached hydrogen (secondary N) is 2. The lowest BCUT2D eigenvalue weighted by Gasteiger charge is -2.37. The Hall–Kier alpha value is -3.54. The number of nitrogens with zero attached hydrogens (tertiary/aromatic N) is 1. The third kappa shape index (κ3) is 5.58. The smallest absolute Gasteiger partial charge is 0.261 e. The second-order valence-electron chi connectivity index (χ2n) is 9.02. The molecule has 9 nitrogen and oxygen atoms in total. The average Bonchev–Trinajstić information content (AvgIpc) is 3.25. The van der Waals surface area contributed by atoms with E-state index in [-0.39, 0.29) is 29.7 Å². The van der Waals surface area contributed by atoms with E-state index in [0.717, 1.165) is 23.4 Å². The van der Waals surface area contributed by atoms with Gasteiger partial charge in [-0.05, 0) is 61.0 Å². The van der Waals surface area contributed by atoms with E-state index >= 15 is 0 Å². The summed E-state index contributed by atoms with van der Waals surface area (Å²) in [5, 5.41) is 12.8. The number of carbonyl (C=O) groups is 1. The van der Waals surface area contributed by atoms with Gasteiger partial charge in [-0.25, -0.2) is 12.8 Å². The number of benzene rings is 2. The SMILES string of the molecule is O=C(C[C@@H]1C[C@H]2c3cc(NS(=O)(=O)c4ccc(F)cc4)ccc3O[C@H]2[C@H](CO)O1)NCc1ccccn1. The number of hydrogen-bond acceptors (Lipinski definition) is 7. The molecule has 11 heteroatoms. The van der Waals surface area contributed by atoms with Gasteiger partial charge in [-0.2, -0.15) is 0 Å². The minimum atomic E-state index is -3.93. The highest BCUT2D eigenvalue weighted by molar-refractivity contribution is 7.92. The molecule has 0 bridgehead atoms. The van der Waals surface area contributed by atoms with Crippen LogP contribution in [0, 0.1) is 5.82 Å². The van der Waals surface area contributed by atoms with Crippen molar-refractivity contribution in [1.82, 2.24) is 10.3 Å². The van der Waals surface area contributed by atoms with E-state index in [2.05, 4.69) is 15.0 Å². The first kappa shape index (κ1) is 25.1. The molecule has 2 aliphatic rings. The van der Waals surface area contributed by atoms with Crippen LogP contribution in [0.15, 0.2) is 71.8 Å². The van der Waals surface area contributed by atoms with E-state index in [9.17, 15) is 22.7 Å². The number of sulfonamides is 1. The Morgan fingerprint density at radius 3 is 2.68 bits per heavy atom. The number of hydrogen-bond donors (Lipinski definition) is 3. The van der Waals surface area contributed by atoms with Crippen LogP contribution in [-0.4, -0.2) is 49.3 Å². The molecule has 0 radical (unpaired) electrons. The molecule has 194 valence electrons. The third-order valence-electron chi connectivity index (χ3n) is 6.48. The lowest BCUT2D eigenvalue weighted by atomic mass is 9.84. The fourth-order valence-corrected chi connectivity index (χ4v) is 5.80. The van der Waals surface area contributed by atoms with Gasteiger partial charge < -0.3 is 19.9 Å². The first-order chi connectivity index (χ1) is 17.8. The number of carbonyl (C=O) groups excluding carboxylic acids is 1. The van der Waals surface area contributed by atoms with Gasteiger partial charge in [0.1, 0.15) is 23.8 Å². The number of aromatic nitrogens is 1. The third-order valence-corrected chi connectivity index (χ3v) is 7.88. The van der Waals surface area contributed by atoms with E-state index in [0.29, 0.717) is 24.4 Å². The maximum atomic E-state index is 13.2. The summed E-state index contributed by atoms with van der Waals surface area (Å²) in [5.41, 5.74) is 1.83. The van der Waals surface area contributed by atoms with Crippen molar-refractivity contribution >= 4 is 21.6 Å². The molecule has 5 rings (SSSR count). The van der Waals surface area contributed by atoms with Crippen molar-refractivity contribution in [2.24, 2.45) is 0 Å². The van der Waals surface area contributed by atoms with Gasteiger partial charge in [-0.3, -0.25) is 14.5 Å². The van der Waals surface area contributed by atoms with Gasteiger partial charge in [0.25, 0.3) is 10.0 Å². The zero-order chi connectivity index (χ0) is 26.0. The molecule has 37 heavy (non-hydrogen) atoms. The first-order valence-electron chi connectivity index (χ1n) is 11.8. The highest BCUT2D eigenvalue weighted by Gasteiger charge is 2.46. The van der Waals surface area contributed by atoms with Crippen molar-refractivity contribution in [3.63, 3.8) is 0 Å². The number of aliphatic hydroxyl groups excluding tert-OH is 1. The van der Waals surface area contributed by atoms with Gasteiger partial charge in [0, 0.05) is 23.4 Å². The molecule has 1 saturated heterocycles. The zero-order valence-corrected chi connectivity index (χ0v) is 20.5. The summed E-state index contributed by atoms with van der Waals surface area (Å²) in [6, 6.07) is 14.9. The van der Waals surface area contributed by atoms with Crippen LogP contribution in [0.5, 0.6) is 5.75 Å². The average molecular weight is 528 g/mol. The number of amides is 1. The van der Waals surface area contributed by atoms with Crippen molar-refractivity contribution < 1.29 is 32.2 Å². The number of rotatable bonds is 8. The van der Waals surface area contributed by atoms with Crippen LogP contribution in [0.4, 0.5) is 10.1 Å². The molecule has 1 fully saturated rings. The summed E-state index contributed by atoms with van der Waals surface area (Å²) < 4.78 is 53.3. The van der Waals surface area contributed by atoms with Crippen molar-refractivity contribution in [2.45, 2.75) is 48.5 Å². The Balaban J connectivity index is 1.29. The highest BCUT2D eigenvalue weighted by Crippen LogP contribution is 2.47. The lowest BCUT2D eigenvalue weighted by Crippen LogP contribution is -2.47. The second kappa shape index (κ2) is 10.4. The molecular formula is C26H26FN3O6S. The highest BCUT2D eigenvalue weighted by atomic mass is 32.2. The number of aliphatic hydroxyl groups is 1. The minimum absolute atomic E-state index is 0.0632. The Morgan fingerprint density at radius 1 is 1.14 bits per heavy atom. The van der Waals surface area contributed by atoms with Crippen LogP contribution in [0.3, 0.4) is 0 Å². The van der Waals surface area contributed by atoms with Crippen LogP contribution in [0.1, 0.15) is 30.0 Å². The zero-order valence-electron chi connectivity index (χ0n) is 19.7. The van der Waals surface area contributed by atoms with E-state index in [1.165, 1.54) is 12.1 Å². The molecular weight excluding hydrogens is 501 g/mol. The molecule has 0 unspecified atom stereocenters. The molecule has 1 amide bonds. The summed E-state index contributed by atoms with van der Waals surface area (Å²) in [7, 11) is -3.93. The van der Waals surface area contributed by atoms with Gasteiger partial charge in [0.15, 0.2) is 0 Å². The lowest BCUT2D eigenvalue weighted by molar-refractivity contribution is -0.142. The Morgan fingerprint density at radius 2 is 1.95 bits per heavy atom. The molecule has 0 aliphatic carbocycles. The topological polar surface area (TPSA) is 127 Å². The van der Waals surface area contributed by atoms with E-state index in [1.807, 2.05) is 12.1 Å². The van der Waals surface area contributed by atoms with Crippen LogP contribution >= 0.6 is 0 Å². The molecule has 0 saturated carbocycles. The standard InChI is InChI=1S/C26H26FN3O6S/c27-16-4-7-20(8-5-16)37(33,34)30-17-6-9-23-21(11-17)22-12-19(35-24(15-31)26(22)36-23)13-25(32)29-14-18-3-1-2-10-28-18/h1-11,19,22,24,26,30-31H,12-15H2,(H,29,32)/t19-,22-,24-,26+/m0/s1. The normalized spacial score (nSPS) is 22.4. The molecule has 4 atom stereocenters. The molecule has 3 heterocycles. The molecule has 1 aromatic heterocycles. The Bertz CT molecular complexity index is 1370. The fourth-order valence-electron chi connectivity index (χ4n) is 4.75. The molecule has 3 N–H and O–H groups in total. The maximum absolute atomic E-state index is 13.2. The van der Waals surface area contributed by atoms with Gasteiger partial charge in [0.2, 0.25) is 5.91 Å². The van der Waals surface area contributed by atoms with E-state index < -0.39 is 34.2 Å². The van der Waals surface area contributed by atoms with Crippen LogP contribution < -0.4 is 14.8 Å². The number of pyridine rings is 1. The minimum Gasteiger partial charge on any atom is -0.487 e. The molecule has 3 aromatic rings. The Labute approximate surface area is 213 Å². The van der Waals surface area contributed by atoms with Gasteiger partial charge in [-0.15, -0.1) is 0 Å². The molecule has 2 aromatic carbocycles. The first-order valence-corrected chi connectivity index (χ1v) is 13.3. The summed E-state index contributed by atoms with van der Waals surface area (Å²) in [6.07, 6.45) is 0.647.